The molecule has 0 unspecified atom stereocenters. The van der Waals surface area contributed by atoms with Crippen LogP contribution in [0.5, 0.6) is 0 Å². The lowest BCUT2D eigenvalue weighted by Gasteiger charge is -2.27. The van der Waals surface area contributed by atoms with E-state index in [0.29, 0.717) is 26.4 Å². The van der Waals surface area contributed by atoms with Crippen LogP contribution in [0, 0.1) is 0 Å². The van der Waals surface area contributed by atoms with Crippen molar-refractivity contribution in [2.24, 2.45) is 0 Å². The van der Waals surface area contributed by atoms with Crippen molar-refractivity contribution >= 4 is 5.97 Å². The van der Waals surface area contributed by atoms with Crippen molar-refractivity contribution < 1.29 is 23.7 Å². The second-order valence-electron chi connectivity index (χ2n) is 8.27. The van der Waals surface area contributed by atoms with Crippen LogP contribution in [0.25, 0.3) is 0 Å². The molecule has 176 valence electrons. The third-order valence-corrected chi connectivity index (χ3v) is 5.61. The first-order valence-corrected chi connectivity index (χ1v) is 11.5. The molecule has 3 aromatic rings. The molecule has 0 saturated heterocycles. The maximum Gasteiger partial charge on any atom is 0.303 e. The summed E-state index contributed by atoms with van der Waals surface area (Å²) in [6.45, 7) is 3.05. The molecule has 5 nitrogen and oxygen atoms in total. The van der Waals surface area contributed by atoms with E-state index in [9.17, 15) is 4.79 Å². The quantitative estimate of drug-likeness (QED) is 0.290. The fourth-order valence-corrected chi connectivity index (χ4v) is 3.97. The molecule has 0 N–H and O–H groups in total. The molecule has 0 amide bonds. The molecule has 1 aliphatic rings. The summed E-state index contributed by atoms with van der Waals surface area (Å²) in [5, 5.41) is 0. The van der Waals surface area contributed by atoms with Crippen molar-refractivity contribution in [3.05, 3.63) is 119 Å². The fraction of sp³-hybridized carbons (Fsp3) is 0.276. The summed E-state index contributed by atoms with van der Waals surface area (Å²) in [5.74, 6) is -0.369. The third kappa shape index (κ3) is 6.87. The van der Waals surface area contributed by atoms with Crippen LogP contribution in [0.15, 0.2) is 103 Å². The van der Waals surface area contributed by atoms with Crippen LogP contribution >= 0.6 is 0 Å². The Morgan fingerprint density at radius 3 is 1.71 bits per heavy atom. The van der Waals surface area contributed by atoms with Crippen molar-refractivity contribution in [2.45, 2.75) is 45.1 Å². The van der Waals surface area contributed by atoms with Crippen LogP contribution in [0.3, 0.4) is 0 Å². The van der Waals surface area contributed by atoms with Crippen LogP contribution in [0.4, 0.5) is 0 Å². The predicted molar refractivity (Wildman–Crippen MR) is 130 cm³/mol. The molecule has 0 saturated carbocycles. The highest BCUT2D eigenvalue weighted by atomic mass is 16.6. The van der Waals surface area contributed by atoms with E-state index in [1.54, 1.807) is 0 Å². The highest BCUT2D eigenvalue weighted by Crippen LogP contribution is 2.30. The van der Waals surface area contributed by atoms with Gasteiger partial charge in [-0.3, -0.25) is 4.79 Å². The Kier molecular flexibility index (Phi) is 8.63. The summed E-state index contributed by atoms with van der Waals surface area (Å²) in [5.41, 5.74) is 4.10. The molecule has 0 aromatic heterocycles. The Bertz CT molecular complexity index is 1050. The first-order valence-electron chi connectivity index (χ1n) is 11.5. The normalized spacial score (nSPS) is 19.6. The molecule has 3 atom stereocenters. The summed E-state index contributed by atoms with van der Waals surface area (Å²) in [4.78, 5) is 12.0. The van der Waals surface area contributed by atoms with E-state index >= 15 is 0 Å². The minimum atomic E-state index is -0.583. The standard InChI is InChI=1S/C29H30O5/c1-22(30)34-29-27(32-19-24-13-7-3-8-14-24)17-26(21-31-18-23-11-5-2-6-12-23)28(29)33-20-25-15-9-4-10-16-25/h2-17,27-29H,18-21H2,1H3/t27-,28+,29-/m0/s1. The first-order chi connectivity index (χ1) is 16.7. The van der Waals surface area contributed by atoms with Gasteiger partial charge in [-0.05, 0) is 28.3 Å². The molecule has 4 rings (SSSR count). The lowest BCUT2D eigenvalue weighted by Crippen LogP contribution is -2.39. The minimum Gasteiger partial charge on any atom is -0.456 e. The second kappa shape index (κ2) is 12.3. The van der Waals surface area contributed by atoms with Crippen molar-refractivity contribution in [3.8, 4) is 0 Å². The van der Waals surface area contributed by atoms with Gasteiger partial charge in [0.05, 0.1) is 26.4 Å². The van der Waals surface area contributed by atoms with E-state index in [-0.39, 0.29) is 5.97 Å². The summed E-state index contributed by atoms with van der Waals surface area (Å²) in [6.07, 6.45) is 0.512. The van der Waals surface area contributed by atoms with E-state index in [0.717, 1.165) is 22.3 Å². The first kappa shape index (κ1) is 23.9. The third-order valence-electron chi connectivity index (χ3n) is 5.61. The van der Waals surface area contributed by atoms with Crippen molar-refractivity contribution in [1.29, 1.82) is 0 Å². The van der Waals surface area contributed by atoms with Crippen LogP contribution < -0.4 is 0 Å². The van der Waals surface area contributed by atoms with Crippen molar-refractivity contribution in [3.63, 3.8) is 0 Å². The number of carbonyl (C=O) groups is 1. The van der Waals surface area contributed by atoms with Gasteiger partial charge in [-0.1, -0.05) is 91.0 Å². The Morgan fingerprint density at radius 1 is 0.676 bits per heavy atom. The van der Waals surface area contributed by atoms with E-state index in [4.69, 9.17) is 18.9 Å². The van der Waals surface area contributed by atoms with Crippen LogP contribution in [0.1, 0.15) is 23.6 Å². The van der Waals surface area contributed by atoms with Gasteiger partial charge in [0.2, 0.25) is 0 Å². The summed E-state index contributed by atoms with van der Waals surface area (Å²) >= 11 is 0. The summed E-state index contributed by atoms with van der Waals surface area (Å²) in [7, 11) is 0. The largest absolute Gasteiger partial charge is 0.456 e. The predicted octanol–water partition coefficient (Wildman–Crippen LogP) is 5.25. The number of esters is 1. The number of hydrogen-bond donors (Lipinski definition) is 0. The van der Waals surface area contributed by atoms with Crippen LogP contribution in [0.2, 0.25) is 0 Å². The van der Waals surface area contributed by atoms with Crippen LogP contribution in [-0.4, -0.2) is 30.9 Å². The zero-order valence-corrected chi connectivity index (χ0v) is 19.3. The lowest BCUT2D eigenvalue weighted by atomic mass is 10.1. The number of ether oxygens (including phenoxy) is 4. The molecule has 0 aliphatic heterocycles. The molecule has 0 fully saturated rings. The molecule has 1 aliphatic carbocycles. The zero-order valence-electron chi connectivity index (χ0n) is 19.3. The second-order valence-corrected chi connectivity index (χ2v) is 8.27. The number of rotatable bonds is 11. The van der Waals surface area contributed by atoms with E-state index in [2.05, 4.69) is 0 Å². The number of benzene rings is 3. The van der Waals surface area contributed by atoms with Gasteiger partial charge in [0.1, 0.15) is 12.2 Å². The molecule has 0 spiro atoms. The molecule has 0 radical (unpaired) electrons. The van der Waals surface area contributed by atoms with E-state index < -0.39 is 18.3 Å². The summed E-state index contributed by atoms with van der Waals surface area (Å²) < 4.78 is 24.2. The van der Waals surface area contributed by atoms with Crippen molar-refractivity contribution in [1.82, 2.24) is 0 Å². The van der Waals surface area contributed by atoms with E-state index in [1.165, 1.54) is 6.92 Å². The molecule has 3 aromatic carbocycles. The van der Waals surface area contributed by atoms with Gasteiger partial charge in [-0.25, -0.2) is 0 Å². The molecule has 0 bridgehead atoms. The number of hydrogen-bond acceptors (Lipinski definition) is 5. The number of carbonyl (C=O) groups excluding carboxylic acids is 1. The van der Waals surface area contributed by atoms with Crippen LogP contribution in [-0.2, 0) is 43.6 Å². The minimum absolute atomic E-state index is 0.358. The van der Waals surface area contributed by atoms with Gasteiger partial charge in [0.15, 0.2) is 6.10 Å². The van der Waals surface area contributed by atoms with E-state index in [1.807, 2.05) is 97.1 Å². The smallest absolute Gasteiger partial charge is 0.303 e. The van der Waals surface area contributed by atoms with Gasteiger partial charge in [0.25, 0.3) is 0 Å². The molecule has 5 heteroatoms. The molecule has 34 heavy (non-hydrogen) atoms. The molecule has 0 heterocycles. The Balaban J connectivity index is 1.48. The Labute approximate surface area is 200 Å². The molecular formula is C29H30O5. The Hall–Kier alpha value is -3.25. The van der Waals surface area contributed by atoms with Gasteiger partial charge in [-0.2, -0.15) is 0 Å². The average molecular weight is 459 g/mol. The zero-order chi connectivity index (χ0) is 23.6. The van der Waals surface area contributed by atoms with Crippen molar-refractivity contribution in [2.75, 3.05) is 6.61 Å². The summed E-state index contributed by atoms with van der Waals surface area (Å²) in [6, 6.07) is 29.9. The maximum absolute atomic E-state index is 12.0. The average Bonchev–Trinajstić information content (AvgIpc) is 3.18. The highest BCUT2D eigenvalue weighted by molar-refractivity contribution is 5.66. The monoisotopic (exact) mass is 458 g/mol. The maximum atomic E-state index is 12.0. The SMILES string of the molecule is CC(=O)O[C@H]1[C@@H](OCc2ccccc2)C=C(COCc2ccccc2)[C@H]1OCc1ccccc1. The lowest BCUT2D eigenvalue weighted by molar-refractivity contribution is -0.162. The van der Waals surface area contributed by atoms with Gasteiger partial charge in [-0.15, -0.1) is 0 Å². The van der Waals surface area contributed by atoms with Gasteiger partial charge < -0.3 is 18.9 Å². The van der Waals surface area contributed by atoms with Gasteiger partial charge in [0, 0.05) is 6.92 Å². The Morgan fingerprint density at radius 2 is 1.18 bits per heavy atom. The molecular weight excluding hydrogens is 428 g/mol. The topological polar surface area (TPSA) is 54.0 Å². The fourth-order valence-electron chi connectivity index (χ4n) is 3.97. The van der Waals surface area contributed by atoms with Gasteiger partial charge >= 0.3 is 5.97 Å². The highest BCUT2D eigenvalue weighted by Gasteiger charge is 2.41.